The molecular weight excluding hydrogens is 1030 g/mol. The molecule has 0 aliphatic rings. The molecule has 9 amide bonds. The number of hydrogen-bond acceptors (Lipinski definition) is 18. The summed E-state index contributed by atoms with van der Waals surface area (Å²) in [5.41, 5.74) is 28.4. The normalized spacial score (nSPS) is 14.5. The average molecular weight is 1120 g/mol. The summed E-state index contributed by atoms with van der Waals surface area (Å²) >= 11 is 0. The van der Waals surface area contributed by atoms with Crippen molar-refractivity contribution in [3.63, 3.8) is 0 Å². The molecule has 23 N–H and O–H groups in total. The van der Waals surface area contributed by atoms with Gasteiger partial charge in [0.25, 0.3) is 0 Å². The summed E-state index contributed by atoms with van der Waals surface area (Å²) in [4.78, 5) is 155. The lowest BCUT2D eigenvalue weighted by molar-refractivity contribution is -0.143. The minimum atomic E-state index is -1.74. The van der Waals surface area contributed by atoms with Gasteiger partial charge in [-0.15, -0.1) is 0 Å². The molecule has 0 saturated heterocycles. The van der Waals surface area contributed by atoms with Crippen molar-refractivity contribution >= 4 is 71.1 Å². The van der Waals surface area contributed by atoms with Crippen LogP contribution in [0.25, 0.3) is 0 Å². The van der Waals surface area contributed by atoms with Gasteiger partial charge in [0.15, 0.2) is 0 Å². The summed E-state index contributed by atoms with van der Waals surface area (Å²) in [5, 5.41) is 60.0. The predicted molar refractivity (Wildman–Crippen MR) is 282 cm³/mol. The zero-order valence-electron chi connectivity index (χ0n) is 45.1. The molecular formula is C48H88N14O16. The number of rotatable bonds is 44. The topological polar surface area (TPSA) is 524 Å². The monoisotopic (exact) mass is 1120 g/mol. The summed E-state index contributed by atoms with van der Waals surface area (Å²) < 4.78 is 0. The fourth-order valence-corrected chi connectivity index (χ4v) is 7.46. The van der Waals surface area contributed by atoms with E-state index >= 15 is 0 Å². The molecule has 0 aliphatic carbocycles. The highest BCUT2D eigenvalue weighted by atomic mass is 16.4. The predicted octanol–water partition coefficient (Wildman–Crippen LogP) is -5.30. The Balaban J connectivity index is 6.08. The number of aliphatic hydroxyl groups is 1. The van der Waals surface area contributed by atoms with E-state index in [1.165, 1.54) is 0 Å². The molecule has 0 aromatic carbocycles. The zero-order chi connectivity index (χ0) is 59.3. The van der Waals surface area contributed by atoms with Gasteiger partial charge in [-0.2, -0.15) is 0 Å². The third kappa shape index (κ3) is 31.0. The largest absolute Gasteiger partial charge is 0.481 e. The number of carboxylic acids is 3. The smallest absolute Gasteiger partial charge is 0.326 e. The number of nitrogens with one attached hydrogen (secondary N) is 9. The highest BCUT2D eigenvalue weighted by Crippen LogP contribution is 2.10. The van der Waals surface area contributed by atoms with Crippen LogP contribution in [0.1, 0.15) is 130 Å². The molecule has 9 atom stereocenters. The first kappa shape index (κ1) is 71.4. The molecule has 0 heterocycles. The van der Waals surface area contributed by atoms with Gasteiger partial charge in [0.05, 0.1) is 19.2 Å². The number of unbranched alkanes of at least 4 members (excludes halogenated alkanes) is 4. The first-order valence-electron chi connectivity index (χ1n) is 26.4. The van der Waals surface area contributed by atoms with Crippen LogP contribution in [0.4, 0.5) is 0 Å². The Morgan fingerprint density at radius 2 is 0.756 bits per heavy atom. The fraction of sp³-hybridized carbons (Fsp3) is 0.750. The van der Waals surface area contributed by atoms with E-state index in [0.717, 1.165) is 6.92 Å². The van der Waals surface area contributed by atoms with E-state index in [1.54, 1.807) is 13.8 Å². The van der Waals surface area contributed by atoms with Crippen LogP contribution in [0.3, 0.4) is 0 Å². The van der Waals surface area contributed by atoms with E-state index in [-0.39, 0.29) is 44.7 Å². The average Bonchev–Trinajstić information content (AvgIpc) is 3.37. The molecule has 0 aromatic rings. The minimum Gasteiger partial charge on any atom is -0.481 e. The van der Waals surface area contributed by atoms with Crippen LogP contribution in [0.2, 0.25) is 0 Å². The number of aliphatic hydroxyl groups excluding tert-OH is 1. The van der Waals surface area contributed by atoms with Crippen LogP contribution in [0, 0.1) is 5.92 Å². The molecule has 0 aromatic heterocycles. The molecule has 0 rings (SSSR count). The number of carbonyl (C=O) groups excluding carboxylic acids is 9. The van der Waals surface area contributed by atoms with Crippen LogP contribution in [-0.4, -0.2) is 185 Å². The SMILES string of the molecule is CC(C)C[C@H](NC(=O)CNC(=O)[C@H](CCCCN)NC(=O)[C@H](CCCCN)NC(=O)[C@@H](N)CCCCN)C(=O)N[C@@H](CO)C(=O)N[C@@H](C)C(=O)N[C@@H](CCC(=O)O)C(=O)N[C@@H](CCC(=O)O)C(=O)N[C@@H](CCCCN)C(=O)O. The second kappa shape index (κ2) is 40.6. The van der Waals surface area contributed by atoms with Crippen molar-refractivity contribution in [1.82, 2.24) is 47.9 Å². The van der Waals surface area contributed by atoms with Gasteiger partial charge in [-0.05, 0) is 129 Å². The number of carbonyl (C=O) groups is 12. The molecule has 0 bridgehead atoms. The van der Waals surface area contributed by atoms with E-state index < -0.39 is 164 Å². The van der Waals surface area contributed by atoms with Gasteiger partial charge in [-0.25, -0.2) is 4.79 Å². The molecule has 446 valence electrons. The molecule has 30 heteroatoms. The Hall–Kier alpha value is -6.60. The number of nitrogens with two attached hydrogens (primary N) is 5. The maximum Gasteiger partial charge on any atom is 0.326 e. The minimum absolute atomic E-state index is 0.0106. The quantitative estimate of drug-likeness (QED) is 0.0253. The number of hydrogen-bond donors (Lipinski definition) is 18. The first-order valence-corrected chi connectivity index (χ1v) is 26.4. The van der Waals surface area contributed by atoms with Gasteiger partial charge in [0, 0.05) is 12.8 Å². The summed E-state index contributed by atoms with van der Waals surface area (Å²) in [6, 6.07) is -12.6. The summed E-state index contributed by atoms with van der Waals surface area (Å²) in [7, 11) is 0. The van der Waals surface area contributed by atoms with Crippen molar-refractivity contribution in [2.75, 3.05) is 39.3 Å². The Morgan fingerprint density at radius 3 is 1.18 bits per heavy atom. The molecule has 0 aliphatic heterocycles. The van der Waals surface area contributed by atoms with E-state index in [1.807, 2.05) is 0 Å². The van der Waals surface area contributed by atoms with Crippen molar-refractivity contribution in [3.05, 3.63) is 0 Å². The van der Waals surface area contributed by atoms with Crippen molar-refractivity contribution in [1.29, 1.82) is 0 Å². The fourth-order valence-electron chi connectivity index (χ4n) is 7.46. The van der Waals surface area contributed by atoms with Crippen LogP contribution in [0.15, 0.2) is 0 Å². The van der Waals surface area contributed by atoms with Gasteiger partial charge in [0.2, 0.25) is 53.2 Å². The lowest BCUT2D eigenvalue weighted by Gasteiger charge is -2.26. The van der Waals surface area contributed by atoms with Crippen molar-refractivity contribution in [3.8, 4) is 0 Å². The maximum atomic E-state index is 13.6. The number of amides is 9. The summed E-state index contributed by atoms with van der Waals surface area (Å²) in [6.45, 7) is 4.16. The molecule has 0 fully saturated rings. The lowest BCUT2D eigenvalue weighted by atomic mass is 10.0. The van der Waals surface area contributed by atoms with Crippen molar-refractivity contribution < 1.29 is 78.0 Å². The van der Waals surface area contributed by atoms with Crippen molar-refractivity contribution in [2.45, 2.75) is 184 Å². The van der Waals surface area contributed by atoms with Crippen LogP contribution < -0.4 is 76.5 Å². The van der Waals surface area contributed by atoms with Gasteiger partial charge in [-0.1, -0.05) is 20.3 Å². The van der Waals surface area contributed by atoms with E-state index in [9.17, 15) is 78.0 Å². The van der Waals surface area contributed by atoms with Crippen LogP contribution in [0.5, 0.6) is 0 Å². The summed E-state index contributed by atoms with van der Waals surface area (Å²) in [6.07, 6.45) is 2.00. The van der Waals surface area contributed by atoms with E-state index in [2.05, 4.69) is 47.9 Å². The van der Waals surface area contributed by atoms with Gasteiger partial charge < -0.3 is 96.9 Å². The Bertz CT molecular complexity index is 1950. The maximum absolute atomic E-state index is 13.6. The van der Waals surface area contributed by atoms with Gasteiger partial charge in [-0.3, -0.25) is 52.7 Å². The molecule has 30 nitrogen and oxygen atoms in total. The zero-order valence-corrected chi connectivity index (χ0v) is 45.1. The van der Waals surface area contributed by atoms with Crippen LogP contribution >= 0.6 is 0 Å². The molecule has 78 heavy (non-hydrogen) atoms. The molecule has 0 spiro atoms. The Labute approximate surface area is 454 Å². The van der Waals surface area contributed by atoms with Gasteiger partial charge >= 0.3 is 17.9 Å². The molecule has 0 saturated carbocycles. The Morgan fingerprint density at radius 1 is 0.397 bits per heavy atom. The lowest BCUT2D eigenvalue weighted by Crippen LogP contribution is -2.60. The van der Waals surface area contributed by atoms with Crippen molar-refractivity contribution in [2.24, 2.45) is 34.6 Å². The first-order chi connectivity index (χ1) is 36.8. The van der Waals surface area contributed by atoms with Crippen LogP contribution in [-0.2, 0) is 57.5 Å². The molecule has 0 unspecified atom stereocenters. The second-order valence-electron chi connectivity index (χ2n) is 19.2. The van der Waals surface area contributed by atoms with E-state index in [0.29, 0.717) is 70.9 Å². The summed E-state index contributed by atoms with van der Waals surface area (Å²) in [5.74, 6) is -12.7. The molecule has 0 radical (unpaired) electrons. The Kier molecular flexibility index (Phi) is 37.2. The standard InChI is InChI=1S/C48H88N14O16/c1-27(2)24-35(56-37(64)25-54-42(71)30(13-5-9-21-50)59-43(72)31(14-6-10-22-51)58-41(70)29(53)12-4-8-20-49)46(75)62-36(26-63)47(76)55-28(3)40(69)57-32(16-18-38(65)66)44(73)60-33(17-19-39(67)68)45(74)61-34(48(77)78)15-7-11-23-52/h27-36,63H,4-26,49-53H2,1-3H3,(H,54,71)(H,55,76)(H,56,64)(H,57,69)(H,58,70)(H,59,72)(H,60,73)(H,61,74)(H,62,75)(H,65,66)(H,67,68)(H,77,78)/t28-,29-,30-,31-,32-,33-,34-,35-,36-/m0/s1. The third-order valence-corrected chi connectivity index (χ3v) is 11.9. The number of carboxylic acid groups (broad SMARTS) is 3. The van der Waals surface area contributed by atoms with E-state index in [4.69, 9.17) is 28.7 Å². The third-order valence-electron chi connectivity index (χ3n) is 11.9. The second-order valence-corrected chi connectivity index (χ2v) is 19.2. The number of aliphatic carboxylic acids is 3. The van der Waals surface area contributed by atoms with Gasteiger partial charge in [0.1, 0.15) is 48.3 Å². The highest BCUT2D eigenvalue weighted by Gasteiger charge is 2.34. The highest BCUT2D eigenvalue weighted by molar-refractivity contribution is 5.98.